The van der Waals surface area contributed by atoms with Gasteiger partial charge >= 0.3 is 59.1 Å². The Morgan fingerprint density at radius 1 is 1.10 bits per heavy atom. The predicted molar refractivity (Wildman–Crippen MR) is 25.7 cm³/mol. The van der Waals surface area contributed by atoms with Gasteiger partial charge in [-0.25, -0.2) is 0 Å². The molecule has 0 unspecified atom stereocenters. The van der Waals surface area contributed by atoms with Gasteiger partial charge in [-0.2, -0.15) is 0 Å². The van der Waals surface area contributed by atoms with E-state index in [1.54, 1.807) is 0 Å². The van der Waals surface area contributed by atoms with E-state index in [2.05, 4.69) is 4.43 Å². The molecule has 1 fully saturated rings. The standard InChI is InChI=1S/C4H8O3Si.2Na/c5-8(6)4-2-1-3-7-8;;/h1-4H2;;/q-2;2*+1. The fourth-order valence-corrected chi connectivity index (χ4v) is 2.03. The molecule has 0 aliphatic carbocycles. The van der Waals surface area contributed by atoms with Crippen LogP contribution >= 0.6 is 0 Å². The van der Waals surface area contributed by atoms with Crippen LogP contribution in [0.4, 0.5) is 0 Å². The molecule has 0 radical (unpaired) electrons. The van der Waals surface area contributed by atoms with Gasteiger partial charge in [-0.05, 0) is 15.2 Å². The summed E-state index contributed by atoms with van der Waals surface area (Å²) in [5, 5.41) is 0. The minimum Gasteiger partial charge on any atom is -0.849 e. The van der Waals surface area contributed by atoms with E-state index >= 15 is 0 Å². The van der Waals surface area contributed by atoms with Gasteiger partial charge in [0, 0.05) is 6.61 Å². The topological polar surface area (TPSA) is 55.3 Å². The first-order chi connectivity index (χ1) is 3.71. The van der Waals surface area contributed by atoms with Gasteiger partial charge in [0.15, 0.2) is 0 Å². The first-order valence-electron chi connectivity index (χ1n) is 2.75. The molecule has 1 saturated heterocycles. The third kappa shape index (κ3) is 5.71. The maximum absolute atomic E-state index is 10.5. The second-order valence-electron chi connectivity index (χ2n) is 1.99. The smallest absolute Gasteiger partial charge is 0.849 e. The largest absolute Gasteiger partial charge is 1.00 e. The first-order valence-corrected chi connectivity index (χ1v) is 4.69. The summed E-state index contributed by atoms with van der Waals surface area (Å²) in [6, 6.07) is 0.257. The summed E-state index contributed by atoms with van der Waals surface area (Å²) in [5.41, 5.74) is 0. The molecule has 0 spiro atoms. The molecule has 1 heterocycles. The molecule has 0 atom stereocenters. The van der Waals surface area contributed by atoms with Crippen molar-refractivity contribution in [2.75, 3.05) is 6.61 Å². The van der Waals surface area contributed by atoms with Gasteiger partial charge in [0.05, 0.1) is 0 Å². The zero-order chi connectivity index (χ0) is 6.04. The molecule has 0 aromatic carbocycles. The summed E-state index contributed by atoms with van der Waals surface area (Å²) in [4.78, 5) is 21.0. The van der Waals surface area contributed by atoms with Gasteiger partial charge in [0.2, 0.25) is 0 Å². The van der Waals surface area contributed by atoms with Crippen LogP contribution in [-0.4, -0.2) is 15.4 Å². The number of hydrogen-bond donors (Lipinski definition) is 0. The second-order valence-corrected chi connectivity index (χ2v) is 4.14. The molecule has 0 aromatic heterocycles. The molecular formula is C4H8Na2O3Si. The summed E-state index contributed by atoms with van der Waals surface area (Å²) < 4.78 is 4.49. The van der Waals surface area contributed by atoms with Gasteiger partial charge in [-0.3, -0.25) is 0 Å². The average molecular weight is 178 g/mol. The molecule has 1 rings (SSSR count). The van der Waals surface area contributed by atoms with E-state index in [9.17, 15) is 9.59 Å². The summed E-state index contributed by atoms with van der Waals surface area (Å²) in [7, 11) is -3.59. The zero-order valence-corrected chi connectivity index (χ0v) is 11.6. The van der Waals surface area contributed by atoms with E-state index in [-0.39, 0.29) is 65.2 Å². The molecule has 10 heavy (non-hydrogen) atoms. The molecule has 0 aromatic rings. The Morgan fingerprint density at radius 2 is 1.70 bits per heavy atom. The van der Waals surface area contributed by atoms with Gasteiger partial charge in [-0.1, -0.05) is 12.5 Å². The van der Waals surface area contributed by atoms with Crippen molar-refractivity contribution in [3.05, 3.63) is 0 Å². The quantitative estimate of drug-likeness (QED) is 0.346. The van der Waals surface area contributed by atoms with E-state index in [4.69, 9.17) is 0 Å². The Labute approximate surface area is 106 Å². The molecule has 0 bridgehead atoms. The van der Waals surface area contributed by atoms with Gasteiger partial charge in [0.25, 0.3) is 0 Å². The van der Waals surface area contributed by atoms with E-state index in [1.165, 1.54) is 0 Å². The maximum Gasteiger partial charge on any atom is 1.00 e. The minimum absolute atomic E-state index is 0. The average Bonchev–Trinajstić information content (AvgIpc) is 1.65. The minimum atomic E-state index is -3.59. The molecule has 0 N–H and O–H groups in total. The molecule has 1 aliphatic rings. The molecular weight excluding hydrogens is 170 g/mol. The van der Waals surface area contributed by atoms with Crippen LogP contribution in [-0.2, 0) is 4.43 Å². The summed E-state index contributed by atoms with van der Waals surface area (Å²) in [6.07, 6.45) is 1.67. The third-order valence-corrected chi connectivity index (χ3v) is 2.81. The maximum atomic E-state index is 10.5. The Balaban J connectivity index is 0. The molecule has 0 amide bonds. The van der Waals surface area contributed by atoms with Crippen LogP contribution in [0.5, 0.6) is 0 Å². The first kappa shape index (κ1) is 14.6. The van der Waals surface area contributed by atoms with Crippen LogP contribution in [0.3, 0.4) is 0 Å². The van der Waals surface area contributed by atoms with E-state index in [1.807, 2.05) is 0 Å². The summed E-state index contributed by atoms with van der Waals surface area (Å²) in [6.45, 7) is 0.402. The van der Waals surface area contributed by atoms with Crippen LogP contribution in [0.25, 0.3) is 0 Å². The van der Waals surface area contributed by atoms with Crippen LogP contribution in [0, 0.1) is 0 Å². The van der Waals surface area contributed by atoms with Gasteiger partial charge < -0.3 is 14.0 Å². The van der Waals surface area contributed by atoms with Crippen LogP contribution in [0.1, 0.15) is 12.8 Å². The zero-order valence-electron chi connectivity index (χ0n) is 6.55. The molecule has 1 aliphatic heterocycles. The second kappa shape index (κ2) is 6.60. The van der Waals surface area contributed by atoms with Gasteiger partial charge in [0.1, 0.15) is 0 Å². The van der Waals surface area contributed by atoms with Crippen molar-refractivity contribution in [1.82, 2.24) is 0 Å². The Morgan fingerprint density at radius 3 is 1.90 bits per heavy atom. The molecule has 3 nitrogen and oxygen atoms in total. The van der Waals surface area contributed by atoms with Crippen molar-refractivity contribution in [3.63, 3.8) is 0 Å². The number of rotatable bonds is 0. The molecule has 0 saturated carbocycles. The summed E-state index contributed by atoms with van der Waals surface area (Å²) >= 11 is 0. The van der Waals surface area contributed by atoms with E-state index in [0.717, 1.165) is 12.8 Å². The van der Waals surface area contributed by atoms with Crippen LogP contribution in [0.15, 0.2) is 0 Å². The fraction of sp³-hybridized carbons (Fsp3) is 1.00. The summed E-state index contributed by atoms with van der Waals surface area (Å²) in [5.74, 6) is 0. The molecule has 6 heteroatoms. The van der Waals surface area contributed by atoms with Gasteiger partial charge in [-0.15, -0.1) is 0 Å². The van der Waals surface area contributed by atoms with Crippen LogP contribution in [0.2, 0.25) is 6.04 Å². The van der Waals surface area contributed by atoms with Crippen molar-refractivity contribution in [2.45, 2.75) is 18.9 Å². The Hall–Kier alpha value is 2.10. The third-order valence-electron chi connectivity index (χ3n) is 1.20. The van der Waals surface area contributed by atoms with E-state index in [0.29, 0.717) is 6.61 Å². The SMILES string of the molecule is [Na+].[Na+].[O-][Si]1([O-])CCCCO1. The fourth-order valence-electron chi connectivity index (χ4n) is 0.743. The van der Waals surface area contributed by atoms with Crippen molar-refractivity contribution < 1.29 is 73.1 Å². The normalized spacial score (nSPS) is 22.2. The predicted octanol–water partition coefficient (Wildman–Crippen LogP) is -7.54. The Kier molecular flexibility index (Phi) is 9.64. The van der Waals surface area contributed by atoms with Crippen molar-refractivity contribution in [1.29, 1.82) is 0 Å². The van der Waals surface area contributed by atoms with Crippen molar-refractivity contribution in [2.24, 2.45) is 0 Å². The Bertz CT molecular complexity index is 82.6. The van der Waals surface area contributed by atoms with E-state index < -0.39 is 8.80 Å². The number of hydrogen-bond acceptors (Lipinski definition) is 3. The monoisotopic (exact) mass is 178 g/mol. The van der Waals surface area contributed by atoms with Crippen LogP contribution < -0.4 is 68.7 Å². The van der Waals surface area contributed by atoms with Crippen molar-refractivity contribution in [3.8, 4) is 0 Å². The molecule has 48 valence electrons. The van der Waals surface area contributed by atoms with Crippen molar-refractivity contribution >= 4 is 8.80 Å².